The first-order valence-electron chi connectivity index (χ1n) is 9.98. The average Bonchev–Trinajstić information content (AvgIpc) is 3.30. The molecule has 3 aromatic rings. The Hall–Kier alpha value is -3.19. The van der Waals surface area contributed by atoms with Gasteiger partial charge in [-0.3, -0.25) is 9.78 Å². The maximum absolute atomic E-state index is 12.6. The monoisotopic (exact) mass is 419 g/mol. The fourth-order valence-corrected chi connectivity index (χ4v) is 4.21. The number of aryl methyl sites for hydroxylation is 2. The summed E-state index contributed by atoms with van der Waals surface area (Å²) in [6.07, 6.45) is 6.25. The molecule has 0 radical (unpaired) electrons. The normalized spacial score (nSPS) is 18.3. The molecule has 3 heterocycles. The zero-order valence-electron chi connectivity index (χ0n) is 17.1. The summed E-state index contributed by atoms with van der Waals surface area (Å²) in [6.45, 7) is 2.53. The number of hydrogen-bond acceptors (Lipinski definition) is 3. The molecule has 7 heteroatoms. The Balaban J connectivity index is 1.51. The van der Waals surface area contributed by atoms with Crippen LogP contribution in [-0.2, 0) is 11.8 Å². The fraction of sp³-hybridized carbons (Fsp3) is 0.261. The lowest BCUT2D eigenvalue weighted by molar-refractivity contribution is -0.116. The van der Waals surface area contributed by atoms with Crippen molar-refractivity contribution in [1.29, 1.82) is 0 Å². The largest absolute Gasteiger partial charge is 0.357 e. The quantitative estimate of drug-likeness (QED) is 0.596. The standard InChI is InChI=1S/C23H25N5OS/c1-16-6-5-7-18(14-16)25-20(29)10-13-28-22(17-9-12-27(2)15-17)21(26-23(28)30)19-8-3-4-11-24-19/h3-9,11-12,14-15,21-22H,10,13H2,1-2H3,(H,25,29)(H,26,30). The number of rotatable bonds is 6. The van der Waals surface area contributed by atoms with Gasteiger partial charge in [0.05, 0.1) is 17.8 Å². The third kappa shape index (κ3) is 4.36. The molecule has 30 heavy (non-hydrogen) atoms. The average molecular weight is 420 g/mol. The summed E-state index contributed by atoms with van der Waals surface area (Å²) in [5.74, 6) is -0.0310. The number of nitrogens with one attached hydrogen (secondary N) is 2. The van der Waals surface area contributed by atoms with E-state index in [0.717, 1.165) is 22.5 Å². The van der Waals surface area contributed by atoms with E-state index in [4.69, 9.17) is 12.2 Å². The molecule has 0 bridgehead atoms. The number of nitrogens with zero attached hydrogens (tertiary/aromatic N) is 3. The Bertz CT molecular complexity index is 1050. The predicted octanol–water partition coefficient (Wildman–Crippen LogP) is 3.73. The number of amides is 1. The second-order valence-electron chi connectivity index (χ2n) is 7.60. The molecule has 2 unspecified atom stereocenters. The van der Waals surface area contributed by atoms with Gasteiger partial charge in [-0.25, -0.2) is 0 Å². The maximum atomic E-state index is 12.6. The van der Waals surface area contributed by atoms with Crippen LogP contribution in [0, 0.1) is 6.92 Å². The molecule has 1 aliphatic heterocycles. The van der Waals surface area contributed by atoms with E-state index >= 15 is 0 Å². The minimum Gasteiger partial charge on any atom is -0.357 e. The number of carbonyl (C=O) groups is 1. The maximum Gasteiger partial charge on any atom is 0.226 e. The van der Waals surface area contributed by atoms with Crippen LogP contribution in [-0.4, -0.2) is 32.0 Å². The molecule has 2 atom stereocenters. The van der Waals surface area contributed by atoms with Gasteiger partial charge in [-0.05, 0) is 60.6 Å². The third-order valence-electron chi connectivity index (χ3n) is 5.28. The summed E-state index contributed by atoms with van der Waals surface area (Å²) in [5.41, 5.74) is 3.99. The van der Waals surface area contributed by atoms with E-state index in [1.807, 2.05) is 67.2 Å². The van der Waals surface area contributed by atoms with Gasteiger partial charge in [0.25, 0.3) is 0 Å². The van der Waals surface area contributed by atoms with Crippen molar-refractivity contribution >= 4 is 28.9 Å². The molecule has 1 saturated heterocycles. The number of thiocarbonyl (C=S) groups is 1. The van der Waals surface area contributed by atoms with Gasteiger partial charge in [0.1, 0.15) is 0 Å². The molecule has 4 rings (SSSR count). The van der Waals surface area contributed by atoms with Gasteiger partial charge < -0.3 is 20.1 Å². The summed E-state index contributed by atoms with van der Waals surface area (Å²) >= 11 is 5.65. The number of benzene rings is 1. The van der Waals surface area contributed by atoms with Crippen molar-refractivity contribution in [2.75, 3.05) is 11.9 Å². The van der Waals surface area contributed by atoms with Gasteiger partial charge in [0, 0.05) is 44.3 Å². The highest BCUT2D eigenvalue weighted by atomic mass is 32.1. The van der Waals surface area contributed by atoms with Gasteiger partial charge in [0.15, 0.2) is 5.11 Å². The lowest BCUT2D eigenvalue weighted by atomic mass is 9.99. The summed E-state index contributed by atoms with van der Waals surface area (Å²) < 4.78 is 2.02. The first-order valence-corrected chi connectivity index (χ1v) is 10.4. The van der Waals surface area contributed by atoms with Crippen molar-refractivity contribution in [3.05, 3.63) is 83.9 Å². The predicted molar refractivity (Wildman–Crippen MR) is 122 cm³/mol. The molecule has 0 saturated carbocycles. The smallest absolute Gasteiger partial charge is 0.226 e. The lowest BCUT2D eigenvalue weighted by Gasteiger charge is -2.27. The van der Waals surface area contributed by atoms with Crippen LogP contribution in [0.1, 0.15) is 35.3 Å². The number of hydrogen-bond donors (Lipinski definition) is 2. The second-order valence-corrected chi connectivity index (χ2v) is 7.98. The highest BCUT2D eigenvalue weighted by Gasteiger charge is 2.40. The fourth-order valence-electron chi connectivity index (χ4n) is 3.88. The Kier molecular flexibility index (Phi) is 5.81. The first kappa shape index (κ1) is 20.1. The zero-order chi connectivity index (χ0) is 21.1. The van der Waals surface area contributed by atoms with Gasteiger partial charge in [-0.15, -0.1) is 0 Å². The summed E-state index contributed by atoms with van der Waals surface area (Å²) in [7, 11) is 2.00. The van der Waals surface area contributed by atoms with Gasteiger partial charge >= 0.3 is 0 Å². The van der Waals surface area contributed by atoms with E-state index in [1.54, 1.807) is 6.20 Å². The Morgan fingerprint density at radius 3 is 2.80 bits per heavy atom. The Labute approximate surface area is 181 Å². The number of aromatic nitrogens is 2. The Morgan fingerprint density at radius 2 is 2.10 bits per heavy atom. The molecule has 0 aliphatic carbocycles. The molecule has 0 spiro atoms. The van der Waals surface area contributed by atoms with Crippen LogP contribution in [0.3, 0.4) is 0 Å². The summed E-state index contributed by atoms with van der Waals surface area (Å²) in [6, 6.07) is 15.7. The third-order valence-corrected chi connectivity index (χ3v) is 5.63. The summed E-state index contributed by atoms with van der Waals surface area (Å²) in [4.78, 5) is 19.2. The van der Waals surface area contributed by atoms with E-state index in [-0.39, 0.29) is 18.0 Å². The molecule has 1 aliphatic rings. The second kappa shape index (κ2) is 8.67. The molecule has 154 valence electrons. The number of carbonyl (C=O) groups excluding carboxylic acids is 1. The molecule has 1 fully saturated rings. The van der Waals surface area contributed by atoms with E-state index in [0.29, 0.717) is 18.1 Å². The highest BCUT2D eigenvalue weighted by Crippen LogP contribution is 2.38. The summed E-state index contributed by atoms with van der Waals surface area (Å²) in [5, 5.41) is 7.03. The van der Waals surface area contributed by atoms with Crippen LogP contribution in [0.15, 0.2) is 67.1 Å². The van der Waals surface area contributed by atoms with Crippen molar-refractivity contribution in [3.8, 4) is 0 Å². The molecule has 6 nitrogen and oxygen atoms in total. The number of pyridine rings is 1. The zero-order valence-corrected chi connectivity index (χ0v) is 17.9. The van der Waals surface area contributed by atoms with Crippen molar-refractivity contribution in [3.63, 3.8) is 0 Å². The first-order chi connectivity index (χ1) is 14.5. The minimum atomic E-state index is -0.0686. The molecule has 2 aromatic heterocycles. The lowest BCUT2D eigenvalue weighted by Crippen LogP contribution is -2.32. The van der Waals surface area contributed by atoms with Gasteiger partial charge in [0.2, 0.25) is 5.91 Å². The topological polar surface area (TPSA) is 62.2 Å². The molecular weight excluding hydrogens is 394 g/mol. The minimum absolute atomic E-state index is 0.0274. The van der Waals surface area contributed by atoms with Crippen LogP contribution < -0.4 is 10.6 Å². The van der Waals surface area contributed by atoms with Crippen LogP contribution in [0.2, 0.25) is 0 Å². The van der Waals surface area contributed by atoms with Gasteiger partial charge in [-0.1, -0.05) is 18.2 Å². The molecule has 1 amide bonds. The molecular formula is C23H25N5OS. The SMILES string of the molecule is Cc1cccc(NC(=O)CCN2C(=S)NC(c3ccccn3)C2c2ccn(C)c2)c1. The van der Waals surface area contributed by atoms with Crippen LogP contribution in [0.4, 0.5) is 5.69 Å². The van der Waals surface area contributed by atoms with Crippen LogP contribution in [0.25, 0.3) is 0 Å². The van der Waals surface area contributed by atoms with Crippen LogP contribution >= 0.6 is 12.2 Å². The van der Waals surface area contributed by atoms with E-state index in [9.17, 15) is 4.79 Å². The highest BCUT2D eigenvalue weighted by molar-refractivity contribution is 7.80. The van der Waals surface area contributed by atoms with E-state index in [2.05, 4.69) is 32.8 Å². The van der Waals surface area contributed by atoms with E-state index < -0.39 is 0 Å². The van der Waals surface area contributed by atoms with Crippen LogP contribution in [0.5, 0.6) is 0 Å². The van der Waals surface area contributed by atoms with Crippen molar-refractivity contribution < 1.29 is 4.79 Å². The molecule has 2 N–H and O–H groups in total. The van der Waals surface area contributed by atoms with Gasteiger partial charge in [-0.2, -0.15) is 0 Å². The molecule has 1 aromatic carbocycles. The Morgan fingerprint density at radius 1 is 1.23 bits per heavy atom. The van der Waals surface area contributed by atoms with Crippen molar-refractivity contribution in [2.24, 2.45) is 7.05 Å². The van der Waals surface area contributed by atoms with E-state index in [1.165, 1.54) is 0 Å². The van der Waals surface area contributed by atoms with Crippen molar-refractivity contribution in [1.82, 2.24) is 19.8 Å². The van der Waals surface area contributed by atoms with Crippen molar-refractivity contribution in [2.45, 2.75) is 25.4 Å². The number of anilines is 1.